The highest BCUT2D eigenvalue weighted by Crippen LogP contribution is 2.47. The van der Waals surface area contributed by atoms with Gasteiger partial charge in [-0.05, 0) is 13.8 Å². The average molecular weight is 396 g/mol. The van der Waals surface area contributed by atoms with E-state index < -0.39 is 60.9 Å². The van der Waals surface area contributed by atoms with Crippen molar-refractivity contribution >= 4 is 17.9 Å². The highest BCUT2D eigenvalue weighted by Gasteiger charge is 2.79. The fourth-order valence-corrected chi connectivity index (χ4v) is 1.28. The van der Waals surface area contributed by atoms with Gasteiger partial charge in [-0.3, -0.25) is 4.79 Å². The molecule has 0 bridgehead atoms. The lowest BCUT2D eigenvalue weighted by Gasteiger charge is -2.30. The number of halogens is 6. The van der Waals surface area contributed by atoms with Crippen LogP contribution in [0.15, 0.2) is 0 Å². The van der Waals surface area contributed by atoms with Gasteiger partial charge in [0.2, 0.25) is 0 Å². The number of esters is 3. The molecule has 26 heavy (non-hydrogen) atoms. The average Bonchev–Trinajstić information content (AvgIpc) is 2.49. The van der Waals surface area contributed by atoms with Crippen molar-refractivity contribution in [2.24, 2.45) is 5.92 Å². The summed E-state index contributed by atoms with van der Waals surface area (Å²) < 4.78 is 92.8. The van der Waals surface area contributed by atoms with Gasteiger partial charge in [0.15, 0.2) is 0 Å². The number of carbonyl (C=O) groups excluding carboxylic acids is 3. The van der Waals surface area contributed by atoms with E-state index in [2.05, 4.69) is 14.2 Å². The van der Waals surface area contributed by atoms with Crippen LogP contribution in [0.3, 0.4) is 0 Å². The molecule has 0 N–H and O–H groups in total. The lowest BCUT2D eigenvalue weighted by Crippen LogP contribution is -2.62. The molecule has 0 aromatic heterocycles. The molecule has 0 aliphatic rings. The van der Waals surface area contributed by atoms with Crippen LogP contribution in [0, 0.1) is 5.92 Å². The van der Waals surface area contributed by atoms with Crippen LogP contribution in [-0.2, 0) is 28.6 Å². The minimum atomic E-state index is -6.42. The Morgan fingerprint density at radius 2 is 1.19 bits per heavy atom. The van der Waals surface area contributed by atoms with Gasteiger partial charge in [-0.15, -0.1) is 0 Å². The summed E-state index contributed by atoms with van der Waals surface area (Å²) in [7, 11) is 0. The van der Waals surface area contributed by atoms with Crippen molar-refractivity contribution in [3.8, 4) is 0 Å². The minimum absolute atomic E-state index is 0.595. The zero-order chi connectivity index (χ0) is 20.9. The summed E-state index contributed by atoms with van der Waals surface area (Å²) in [6.45, 7) is 3.08. The minimum Gasteiger partial charge on any atom is -0.462 e. The van der Waals surface area contributed by atoms with Gasteiger partial charge in [0.05, 0.1) is 12.0 Å². The maximum Gasteiger partial charge on any atom is 0.411 e. The smallest absolute Gasteiger partial charge is 0.411 e. The number of rotatable bonds is 9. The maximum absolute atomic E-state index is 13.5. The van der Waals surface area contributed by atoms with E-state index in [-0.39, 0.29) is 0 Å². The molecular formula is C14H18F6O6. The van der Waals surface area contributed by atoms with Crippen LogP contribution in [0.5, 0.6) is 0 Å². The number of hydrogen-bond donors (Lipinski definition) is 0. The third kappa shape index (κ3) is 5.24. The summed E-state index contributed by atoms with van der Waals surface area (Å²) in [4.78, 5) is 33.2. The molecule has 0 fully saturated rings. The van der Waals surface area contributed by atoms with Crippen molar-refractivity contribution in [2.75, 3.05) is 13.2 Å². The van der Waals surface area contributed by atoms with Gasteiger partial charge < -0.3 is 14.2 Å². The second-order valence-electron chi connectivity index (χ2n) is 5.64. The number of hydrogen-bond acceptors (Lipinski definition) is 6. The summed E-state index contributed by atoms with van der Waals surface area (Å²) >= 11 is 0. The van der Waals surface area contributed by atoms with Crippen LogP contribution in [0.25, 0.3) is 0 Å². The Kier molecular flexibility index (Phi) is 7.92. The maximum atomic E-state index is 13.5. The molecule has 0 saturated heterocycles. The van der Waals surface area contributed by atoms with Crippen molar-refractivity contribution in [2.45, 2.75) is 51.6 Å². The normalized spacial score (nSPS) is 12.9. The van der Waals surface area contributed by atoms with Crippen LogP contribution >= 0.6 is 0 Å². The topological polar surface area (TPSA) is 78.9 Å². The highest BCUT2D eigenvalue weighted by molar-refractivity contribution is 5.84. The molecule has 0 amide bonds. The molecule has 0 atom stereocenters. The van der Waals surface area contributed by atoms with Crippen LogP contribution in [-0.4, -0.2) is 55.0 Å². The Morgan fingerprint density at radius 3 is 1.62 bits per heavy atom. The van der Waals surface area contributed by atoms with E-state index in [1.807, 2.05) is 0 Å². The highest BCUT2D eigenvalue weighted by atomic mass is 19.3. The van der Waals surface area contributed by atoms with E-state index in [1.54, 1.807) is 0 Å². The van der Waals surface area contributed by atoms with Gasteiger partial charge in [0, 0.05) is 0 Å². The molecule has 152 valence electrons. The van der Waals surface area contributed by atoms with Crippen molar-refractivity contribution in [3.05, 3.63) is 0 Å². The van der Waals surface area contributed by atoms with Crippen LogP contribution < -0.4 is 0 Å². The molecule has 0 rings (SSSR count). The molecule has 0 saturated carbocycles. The summed E-state index contributed by atoms with van der Waals surface area (Å²) in [6.07, 6.45) is -1.29. The number of ether oxygens (including phenoxy) is 3. The standard InChI is InChI=1S/C14H18F6O6/c1-7(2)9(21)24-5-6-25-10(22)12(15,16)14(19,20)13(17,18)11(23)26-8(3)4/h7-8H,5-6H2,1-4H3. The van der Waals surface area contributed by atoms with Crippen molar-refractivity contribution < 1.29 is 54.9 Å². The van der Waals surface area contributed by atoms with Crippen LogP contribution in [0.2, 0.25) is 0 Å². The van der Waals surface area contributed by atoms with Gasteiger partial charge in [-0.25, -0.2) is 9.59 Å². The number of alkyl halides is 6. The van der Waals surface area contributed by atoms with E-state index in [9.17, 15) is 40.7 Å². The Morgan fingerprint density at radius 1 is 0.769 bits per heavy atom. The molecule has 0 aromatic carbocycles. The fourth-order valence-electron chi connectivity index (χ4n) is 1.28. The van der Waals surface area contributed by atoms with Gasteiger partial charge in [-0.2, -0.15) is 26.3 Å². The van der Waals surface area contributed by atoms with Gasteiger partial charge >= 0.3 is 35.7 Å². The van der Waals surface area contributed by atoms with E-state index >= 15 is 0 Å². The lowest BCUT2D eigenvalue weighted by atomic mass is 10.0. The van der Waals surface area contributed by atoms with Crippen LogP contribution in [0.1, 0.15) is 27.7 Å². The van der Waals surface area contributed by atoms with Crippen molar-refractivity contribution in [3.63, 3.8) is 0 Å². The summed E-state index contributed by atoms with van der Waals surface area (Å²) in [5.74, 6) is -25.8. The molecule has 0 unspecified atom stereocenters. The second kappa shape index (κ2) is 8.58. The molecule has 12 heteroatoms. The summed E-state index contributed by atoms with van der Waals surface area (Å²) in [6, 6.07) is 0. The monoisotopic (exact) mass is 396 g/mol. The first kappa shape index (κ1) is 24.0. The lowest BCUT2D eigenvalue weighted by molar-refractivity contribution is -0.302. The molecule has 0 heterocycles. The first-order chi connectivity index (χ1) is 11.6. The molecule has 0 spiro atoms. The molecule has 0 radical (unpaired) electrons. The third-order valence-electron chi connectivity index (χ3n) is 2.68. The summed E-state index contributed by atoms with van der Waals surface area (Å²) in [5.41, 5.74) is 0. The quantitative estimate of drug-likeness (QED) is 0.258. The third-order valence-corrected chi connectivity index (χ3v) is 2.68. The number of carbonyl (C=O) groups is 3. The van der Waals surface area contributed by atoms with Gasteiger partial charge in [0.1, 0.15) is 13.2 Å². The predicted molar refractivity (Wildman–Crippen MR) is 72.8 cm³/mol. The molecule has 6 nitrogen and oxygen atoms in total. The zero-order valence-corrected chi connectivity index (χ0v) is 14.3. The van der Waals surface area contributed by atoms with E-state index in [0.717, 1.165) is 13.8 Å². The predicted octanol–water partition coefficient (Wildman–Crippen LogP) is 2.59. The largest absolute Gasteiger partial charge is 0.462 e. The van der Waals surface area contributed by atoms with E-state index in [0.29, 0.717) is 0 Å². The Balaban J connectivity index is 5.06. The first-order valence-electron chi connectivity index (χ1n) is 7.27. The van der Waals surface area contributed by atoms with Gasteiger partial charge in [0.25, 0.3) is 0 Å². The molecular weight excluding hydrogens is 378 g/mol. The SMILES string of the molecule is CC(C)OC(=O)C(F)(F)C(F)(F)C(F)(F)C(=O)OCCOC(=O)C(C)C. The zero-order valence-electron chi connectivity index (χ0n) is 14.3. The van der Waals surface area contributed by atoms with E-state index in [4.69, 9.17) is 0 Å². The molecule has 0 aliphatic carbocycles. The second-order valence-corrected chi connectivity index (χ2v) is 5.64. The first-order valence-corrected chi connectivity index (χ1v) is 7.27. The molecule has 0 aromatic rings. The van der Waals surface area contributed by atoms with Crippen LogP contribution in [0.4, 0.5) is 26.3 Å². The molecule has 0 aliphatic heterocycles. The Hall–Kier alpha value is -2.01. The van der Waals surface area contributed by atoms with E-state index in [1.165, 1.54) is 13.8 Å². The fraction of sp³-hybridized carbons (Fsp3) is 0.786. The summed E-state index contributed by atoms with van der Waals surface area (Å²) in [5, 5.41) is 0. The van der Waals surface area contributed by atoms with Gasteiger partial charge in [-0.1, -0.05) is 13.8 Å². The Bertz CT molecular complexity index is 532. The Labute approximate surface area is 144 Å². The van der Waals surface area contributed by atoms with Crippen molar-refractivity contribution in [1.29, 1.82) is 0 Å². The van der Waals surface area contributed by atoms with Crippen molar-refractivity contribution in [1.82, 2.24) is 0 Å².